The molecule has 3 N–H and O–H groups in total. The number of aliphatic hydroxyl groups excluding tert-OH is 1. The van der Waals surface area contributed by atoms with Crippen LogP contribution in [-0.4, -0.2) is 69.9 Å². The molecule has 35 heavy (non-hydrogen) atoms. The number of amides is 1. The largest absolute Gasteiger partial charge is 0.507 e. The first-order valence-corrected chi connectivity index (χ1v) is 11.7. The normalized spacial score (nSPS) is 41.7. The van der Waals surface area contributed by atoms with Crippen LogP contribution in [0.3, 0.4) is 0 Å². The quantitative estimate of drug-likeness (QED) is 0.227. The molecule has 4 aliphatic heterocycles. The van der Waals surface area contributed by atoms with Crippen molar-refractivity contribution in [3.05, 3.63) is 35.1 Å². The highest BCUT2D eigenvalue weighted by Crippen LogP contribution is 2.57. The zero-order chi connectivity index (χ0) is 25.9. The number of aliphatic hydroxyl groups is 1. The molecular weight excluding hydrogens is 458 g/mol. The van der Waals surface area contributed by atoms with Crippen molar-refractivity contribution in [1.29, 1.82) is 0 Å². The predicted octanol–water partition coefficient (Wildman–Crippen LogP) is 1.60. The number of nitrogens with one attached hydrogen (secondary N) is 1. The number of carboxylic acids is 1. The van der Waals surface area contributed by atoms with E-state index >= 15 is 0 Å². The zero-order valence-electron chi connectivity index (χ0n) is 20.4. The molecule has 190 valence electrons. The molecule has 0 aromatic rings. The van der Waals surface area contributed by atoms with Crippen LogP contribution in [0.1, 0.15) is 41.0 Å². The van der Waals surface area contributed by atoms with E-state index in [1.54, 1.807) is 26.8 Å². The van der Waals surface area contributed by atoms with Crippen LogP contribution >= 0.6 is 0 Å². The van der Waals surface area contributed by atoms with Gasteiger partial charge in [-0.1, -0.05) is 31.6 Å². The summed E-state index contributed by atoms with van der Waals surface area (Å²) in [5, 5.41) is 22.5. The number of allylic oxidation sites excluding steroid dienone is 3. The number of carbonyl (C=O) groups is 4. The molecule has 10 nitrogen and oxygen atoms in total. The minimum atomic E-state index is -1.60. The monoisotopic (exact) mass is 489 g/mol. The molecular formula is C25H31NO9. The maximum Gasteiger partial charge on any atom is 0.314 e. The minimum absolute atomic E-state index is 0.00900. The maximum atomic E-state index is 13.0. The van der Waals surface area contributed by atoms with Crippen LogP contribution in [0.5, 0.6) is 0 Å². The molecule has 0 saturated carbocycles. The van der Waals surface area contributed by atoms with Crippen molar-refractivity contribution in [2.75, 3.05) is 6.54 Å². The number of fused-ring (bicyclic) bond motifs is 1. The van der Waals surface area contributed by atoms with Crippen LogP contribution in [-0.2, 0) is 33.4 Å². The topological polar surface area (TPSA) is 148 Å². The molecule has 4 rings (SSSR count). The maximum absolute atomic E-state index is 13.0. The van der Waals surface area contributed by atoms with Gasteiger partial charge in [0.2, 0.25) is 5.79 Å². The Balaban J connectivity index is 1.62. The lowest BCUT2D eigenvalue weighted by molar-refractivity contribution is -0.387. The predicted molar refractivity (Wildman–Crippen MR) is 121 cm³/mol. The third-order valence-corrected chi connectivity index (χ3v) is 7.49. The molecule has 0 aliphatic carbocycles. The molecule has 0 aromatic heterocycles. The molecule has 4 heterocycles. The third-order valence-electron chi connectivity index (χ3n) is 7.49. The van der Waals surface area contributed by atoms with Crippen molar-refractivity contribution in [1.82, 2.24) is 5.32 Å². The smallest absolute Gasteiger partial charge is 0.314 e. The number of Topliss-reactive ketones (excluding diaryl/α,β-unsaturated/α-hetero) is 2. The van der Waals surface area contributed by atoms with Gasteiger partial charge in [0.15, 0.2) is 11.6 Å². The van der Waals surface area contributed by atoms with Gasteiger partial charge in [0.25, 0.3) is 5.91 Å². The Labute approximate surface area is 203 Å². The van der Waals surface area contributed by atoms with Crippen molar-refractivity contribution < 1.29 is 43.6 Å². The highest BCUT2D eigenvalue weighted by atomic mass is 16.8. The van der Waals surface area contributed by atoms with Gasteiger partial charge in [-0.2, -0.15) is 0 Å². The van der Waals surface area contributed by atoms with E-state index in [1.165, 1.54) is 6.08 Å². The highest BCUT2D eigenvalue weighted by Gasteiger charge is 2.74. The molecule has 0 aromatic carbocycles. The summed E-state index contributed by atoms with van der Waals surface area (Å²) in [6.45, 7) is 8.68. The molecule has 4 aliphatic rings. The van der Waals surface area contributed by atoms with Crippen LogP contribution < -0.4 is 5.32 Å². The van der Waals surface area contributed by atoms with Gasteiger partial charge in [0.1, 0.15) is 29.0 Å². The Hall–Kier alpha value is -2.82. The van der Waals surface area contributed by atoms with E-state index in [9.17, 15) is 29.4 Å². The highest BCUT2D eigenvalue weighted by molar-refractivity contribution is 6.25. The summed E-state index contributed by atoms with van der Waals surface area (Å²) in [4.78, 5) is 48.7. The zero-order valence-corrected chi connectivity index (χ0v) is 20.4. The third kappa shape index (κ3) is 3.93. The van der Waals surface area contributed by atoms with E-state index in [-0.39, 0.29) is 36.2 Å². The standard InChI is InChI=1S/C25H31NO9/c1-11(6-7-15(27)18-17(29)10-26-22(18)30)8-12(2)20-13(3)21-16(28)9-24(5)25(34-20,35-21)19(23(31)32)14(4)33-24/h6-8,12-14,19-21,27H,9-10H2,1-5H3,(H,26,30)(H,31,32)/b7-6+,11-8+,18-15+/t12-,13-,14-,19-,20-,21+,24+,25+/m1/s1. The summed E-state index contributed by atoms with van der Waals surface area (Å²) >= 11 is 0. The van der Waals surface area contributed by atoms with E-state index in [4.69, 9.17) is 14.2 Å². The summed E-state index contributed by atoms with van der Waals surface area (Å²) in [6, 6.07) is 0. The van der Waals surface area contributed by atoms with Gasteiger partial charge >= 0.3 is 5.97 Å². The molecule has 1 spiro atoms. The molecule has 1 amide bonds. The average molecular weight is 490 g/mol. The van der Waals surface area contributed by atoms with Gasteiger partial charge in [0, 0.05) is 18.3 Å². The summed E-state index contributed by atoms with van der Waals surface area (Å²) in [6.07, 6.45) is 2.65. The molecule has 4 saturated heterocycles. The fourth-order valence-electron chi connectivity index (χ4n) is 5.89. The Morgan fingerprint density at radius 2 is 1.83 bits per heavy atom. The number of rotatable bonds is 5. The lowest BCUT2D eigenvalue weighted by Crippen LogP contribution is -2.71. The van der Waals surface area contributed by atoms with E-state index in [0.717, 1.165) is 0 Å². The second kappa shape index (κ2) is 8.69. The molecule has 0 unspecified atom stereocenters. The van der Waals surface area contributed by atoms with Gasteiger partial charge in [-0.3, -0.25) is 19.2 Å². The second-order valence-corrected chi connectivity index (χ2v) is 10.1. The molecule has 4 fully saturated rings. The van der Waals surface area contributed by atoms with E-state index in [1.807, 2.05) is 19.9 Å². The van der Waals surface area contributed by atoms with Crippen molar-refractivity contribution >= 4 is 23.4 Å². The minimum Gasteiger partial charge on any atom is -0.507 e. The van der Waals surface area contributed by atoms with Crippen LogP contribution in [0.4, 0.5) is 0 Å². The van der Waals surface area contributed by atoms with Crippen molar-refractivity contribution in [3.8, 4) is 0 Å². The second-order valence-electron chi connectivity index (χ2n) is 10.1. The average Bonchev–Trinajstić information content (AvgIpc) is 3.20. The number of carboxylic acid groups (broad SMARTS) is 1. The van der Waals surface area contributed by atoms with E-state index in [0.29, 0.717) is 5.57 Å². The van der Waals surface area contributed by atoms with Gasteiger partial charge in [0.05, 0.1) is 18.8 Å². The summed E-state index contributed by atoms with van der Waals surface area (Å²) in [5.41, 5.74) is -0.796. The van der Waals surface area contributed by atoms with E-state index < -0.39 is 59.0 Å². The van der Waals surface area contributed by atoms with Gasteiger partial charge < -0.3 is 29.7 Å². The lowest BCUT2D eigenvalue weighted by atomic mass is 9.73. The first kappa shape index (κ1) is 25.3. The number of hydrogen-bond acceptors (Lipinski definition) is 8. The summed E-state index contributed by atoms with van der Waals surface area (Å²) < 4.78 is 18.6. The number of ether oxygens (including phenoxy) is 3. The molecule has 0 radical (unpaired) electrons. The van der Waals surface area contributed by atoms with Crippen molar-refractivity contribution in [2.45, 2.75) is 70.7 Å². The number of hydrogen-bond donors (Lipinski definition) is 3. The first-order chi connectivity index (χ1) is 16.3. The molecule has 10 heteroatoms. The van der Waals surface area contributed by atoms with Crippen molar-refractivity contribution in [3.63, 3.8) is 0 Å². The summed E-state index contributed by atoms with van der Waals surface area (Å²) in [5.74, 6) is -6.09. The summed E-state index contributed by atoms with van der Waals surface area (Å²) in [7, 11) is 0. The van der Waals surface area contributed by atoms with Crippen LogP contribution in [0.2, 0.25) is 0 Å². The molecule has 8 atom stereocenters. The Kier molecular flexibility index (Phi) is 6.27. The van der Waals surface area contributed by atoms with Crippen LogP contribution in [0.15, 0.2) is 35.1 Å². The Bertz CT molecular complexity index is 1060. The van der Waals surface area contributed by atoms with Crippen molar-refractivity contribution in [2.24, 2.45) is 17.8 Å². The number of aliphatic carboxylic acids is 1. The van der Waals surface area contributed by atoms with E-state index in [2.05, 4.69) is 5.32 Å². The van der Waals surface area contributed by atoms with Gasteiger partial charge in [-0.05, 0) is 26.8 Å². The Morgan fingerprint density at radius 3 is 2.43 bits per heavy atom. The fraction of sp³-hybridized carbons (Fsp3) is 0.600. The fourth-order valence-corrected chi connectivity index (χ4v) is 5.89. The molecule has 2 bridgehead atoms. The van der Waals surface area contributed by atoms with Gasteiger partial charge in [-0.15, -0.1) is 0 Å². The van der Waals surface area contributed by atoms with Gasteiger partial charge in [-0.25, -0.2) is 0 Å². The first-order valence-electron chi connectivity index (χ1n) is 11.7. The number of carbonyl (C=O) groups excluding carboxylic acids is 3. The lowest BCUT2D eigenvalue weighted by Gasteiger charge is -2.56. The SMILES string of the molecule is CC(/C=C/C(O)=C1/C(=O)CNC1=O)=C\[C@@H](C)[C@H]1O[C@@]23O[C@H](C(=O)C[C@]2(C)O[C@H](C)[C@@H]3C(=O)O)[C@@H]1C. The van der Waals surface area contributed by atoms with Crippen LogP contribution in [0, 0.1) is 17.8 Å². The Morgan fingerprint density at radius 1 is 1.14 bits per heavy atom. The van der Waals surface area contributed by atoms with Crippen LogP contribution in [0.25, 0.3) is 0 Å². The number of ketones is 2.